The van der Waals surface area contributed by atoms with Crippen molar-refractivity contribution in [1.82, 2.24) is 20.3 Å². The molecular weight excluding hydrogens is 358 g/mol. The van der Waals surface area contributed by atoms with Gasteiger partial charge in [-0.25, -0.2) is 0 Å². The van der Waals surface area contributed by atoms with Crippen molar-refractivity contribution >= 4 is 5.96 Å². The van der Waals surface area contributed by atoms with E-state index < -0.39 is 0 Å². The van der Waals surface area contributed by atoms with Crippen molar-refractivity contribution in [1.29, 1.82) is 0 Å². The molecule has 0 unspecified atom stereocenters. The van der Waals surface area contributed by atoms with Gasteiger partial charge < -0.3 is 24.2 Å². The number of nitrogens with one attached hydrogen (secondary N) is 1. The van der Waals surface area contributed by atoms with Crippen molar-refractivity contribution in [3.05, 3.63) is 41.8 Å². The number of benzene rings is 1. The molecule has 0 aliphatic carbocycles. The van der Waals surface area contributed by atoms with Gasteiger partial charge in [0.1, 0.15) is 6.26 Å². The molecule has 2 aliphatic heterocycles. The number of rotatable bonds is 4. The molecular formula is C20H27N5O3. The second-order valence-electron chi connectivity index (χ2n) is 6.99. The number of aliphatic imine (C=N–C) groups is 1. The Hall–Kier alpha value is -2.74. The molecule has 8 nitrogen and oxygen atoms in total. The maximum atomic E-state index is 5.78. The highest BCUT2D eigenvalue weighted by Gasteiger charge is 2.20. The Morgan fingerprint density at radius 3 is 2.68 bits per heavy atom. The van der Waals surface area contributed by atoms with E-state index in [-0.39, 0.29) is 0 Å². The molecule has 8 heteroatoms. The van der Waals surface area contributed by atoms with E-state index in [1.54, 1.807) is 6.26 Å². The van der Waals surface area contributed by atoms with Gasteiger partial charge >= 0.3 is 0 Å². The monoisotopic (exact) mass is 385 g/mol. The fraction of sp³-hybridized carbons (Fsp3) is 0.500. The van der Waals surface area contributed by atoms with Crippen molar-refractivity contribution < 1.29 is 14.0 Å². The molecule has 2 aliphatic rings. The molecule has 0 bridgehead atoms. The maximum absolute atomic E-state index is 5.78. The Labute approximate surface area is 165 Å². The minimum Gasteiger partial charge on any atom is -0.490 e. The number of piperazine rings is 1. The number of hydrogen-bond acceptors (Lipinski definition) is 6. The molecule has 1 aromatic carbocycles. The molecule has 0 spiro atoms. The second-order valence-corrected chi connectivity index (χ2v) is 6.99. The van der Waals surface area contributed by atoms with E-state index in [2.05, 4.69) is 37.4 Å². The fourth-order valence-electron chi connectivity index (χ4n) is 3.50. The number of aromatic nitrogens is 1. The largest absolute Gasteiger partial charge is 0.490 e. The third kappa shape index (κ3) is 4.56. The summed E-state index contributed by atoms with van der Waals surface area (Å²) in [5.41, 5.74) is 2.13. The molecule has 3 heterocycles. The molecule has 0 saturated carbocycles. The quantitative estimate of drug-likeness (QED) is 0.634. The van der Waals surface area contributed by atoms with Crippen LogP contribution in [0.25, 0.3) is 0 Å². The van der Waals surface area contributed by atoms with Crippen LogP contribution in [0.2, 0.25) is 0 Å². The summed E-state index contributed by atoms with van der Waals surface area (Å²) in [6, 6.07) is 8.03. The average molecular weight is 385 g/mol. The Kier molecular flexibility index (Phi) is 5.96. The molecule has 1 aromatic heterocycles. The predicted octanol–water partition coefficient (Wildman–Crippen LogP) is 1.73. The average Bonchev–Trinajstić information content (AvgIpc) is 3.12. The van der Waals surface area contributed by atoms with Crippen LogP contribution < -0.4 is 14.8 Å². The minimum absolute atomic E-state index is 0.697. The molecule has 1 N–H and O–H groups in total. The van der Waals surface area contributed by atoms with Crippen molar-refractivity contribution in [3.63, 3.8) is 0 Å². The number of ether oxygens (including phenoxy) is 2. The first-order valence-electron chi connectivity index (χ1n) is 9.77. The van der Waals surface area contributed by atoms with Crippen LogP contribution in [-0.2, 0) is 13.1 Å². The highest BCUT2D eigenvalue weighted by Crippen LogP contribution is 2.30. The lowest BCUT2D eigenvalue weighted by molar-refractivity contribution is 0.169. The van der Waals surface area contributed by atoms with Gasteiger partial charge in [-0.05, 0) is 17.7 Å². The predicted molar refractivity (Wildman–Crippen MR) is 106 cm³/mol. The van der Waals surface area contributed by atoms with Gasteiger partial charge in [-0.2, -0.15) is 0 Å². The molecule has 2 aromatic rings. The first-order valence-corrected chi connectivity index (χ1v) is 9.77. The smallest absolute Gasteiger partial charge is 0.194 e. The highest BCUT2D eigenvalue weighted by molar-refractivity contribution is 5.80. The van der Waals surface area contributed by atoms with Crippen LogP contribution >= 0.6 is 0 Å². The summed E-state index contributed by atoms with van der Waals surface area (Å²) in [5, 5.41) is 7.47. The Balaban J connectivity index is 1.29. The fourth-order valence-corrected chi connectivity index (χ4v) is 3.50. The molecule has 1 fully saturated rings. The van der Waals surface area contributed by atoms with Gasteiger partial charge in [-0.15, -0.1) is 0 Å². The lowest BCUT2D eigenvalue weighted by atomic mass is 10.2. The lowest BCUT2D eigenvalue weighted by Gasteiger charge is -2.36. The van der Waals surface area contributed by atoms with Crippen molar-refractivity contribution in [2.24, 2.45) is 4.99 Å². The summed E-state index contributed by atoms with van der Waals surface area (Å²) in [5.74, 6) is 2.58. The van der Waals surface area contributed by atoms with E-state index >= 15 is 0 Å². The highest BCUT2D eigenvalue weighted by atomic mass is 16.5. The van der Waals surface area contributed by atoms with Gasteiger partial charge in [0.2, 0.25) is 0 Å². The van der Waals surface area contributed by atoms with Gasteiger partial charge in [-0.3, -0.25) is 9.89 Å². The second kappa shape index (κ2) is 8.97. The van der Waals surface area contributed by atoms with E-state index in [0.717, 1.165) is 67.9 Å². The van der Waals surface area contributed by atoms with Gasteiger partial charge in [0, 0.05) is 58.8 Å². The zero-order chi connectivity index (χ0) is 19.2. The molecule has 0 amide bonds. The Morgan fingerprint density at radius 1 is 1.11 bits per heavy atom. The molecule has 150 valence electrons. The van der Waals surface area contributed by atoms with E-state index in [9.17, 15) is 0 Å². The number of fused-ring (bicyclic) bond motifs is 1. The van der Waals surface area contributed by atoms with Gasteiger partial charge in [0.05, 0.1) is 18.9 Å². The van der Waals surface area contributed by atoms with Crippen molar-refractivity contribution in [2.75, 3.05) is 46.4 Å². The number of nitrogens with zero attached hydrogens (tertiary/aromatic N) is 4. The topological polar surface area (TPSA) is 75.4 Å². The normalized spacial score (nSPS) is 18.0. The standard InChI is InChI=1S/C20H27N5O3/c1-21-20(25-8-6-24(7-9-25)15-17-5-12-28-23-17)22-14-16-3-4-18-19(13-16)27-11-2-10-26-18/h3-5,12-13H,2,6-11,14-15H2,1H3,(H,21,22). The van der Waals surface area contributed by atoms with Crippen molar-refractivity contribution in [2.45, 2.75) is 19.5 Å². The molecule has 28 heavy (non-hydrogen) atoms. The maximum Gasteiger partial charge on any atom is 0.194 e. The van der Waals surface area contributed by atoms with Gasteiger partial charge in [0.25, 0.3) is 0 Å². The van der Waals surface area contributed by atoms with Crippen LogP contribution in [0.15, 0.2) is 40.0 Å². The molecule has 0 atom stereocenters. The van der Waals surface area contributed by atoms with E-state index in [1.807, 2.05) is 19.2 Å². The van der Waals surface area contributed by atoms with E-state index in [1.165, 1.54) is 0 Å². The first-order chi connectivity index (χ1) is 13.8. The first kappa shape index (κ1) is 18.6. The SMILES string of the molecule is CN=C(NCc1ccc2c(c1)OCCCO2)N1CCN(Cc2ccon2)CC1. The van der Waals surface area contributed by atoms with Crippen molar-refractivity contribution in [3.8, 4) is 11.5 Å². The molecule has 4 rings (SSSR count). The van der Waals surface area contributed by atoms with Gasteiger partial charge in [-0.1, -0.05) is 11.2 Å². The summed E-state index contributed by atoms with van der Waals surface area (Å²) < 4.78 is 16.4. The van der Waals surface area contributed by atoms with E-state index in [0.29, 0.717) is 19.8 Å². The van der Waals surface area contributed by atoms with E-state index in [4.69, 9.17) is 14.0 Å². The molecule has 0 radical (unpaired) electrons. The summed E-state index contributed by atoms with van der Waals surface area (Å²) in [6.45, 7) is 6.73. The zero-order valence-electron chi connectivity index (χ0n) is 16.3. The van der Waals surface area contributed by atoms with Crippen LogP contribution in [0.5, 0.6) is 11.5 Å². The lowest BCUT2D eigenvalue weighted by Crippen LogP contribution is -2.52. The third-order valence-corrected chi connectivity index (χ3v) is 5.02. The molecule has 1 saturated heterocycles. The van der Waals surface area contributed by atoms with Crippen LogP contribution in [0.4, 0.5) is 0 Å². The summed E-state index contributed by atoms with van der Waals surface area (Å²) in [7, 11) is 1.83. The van der Waals surface area contributed by atoms with Crippen LogP contribution in [0.3, 0.4) is 0 Å². The Morgan fingerprint density at radius 2 is 1.93 bits per heavy atom. The zero-order valence-corrected chi connectivity index (χ0v) is 16.3. The number of hydrogen-bond donors (Lipinski definition) is 1. The third-order valence-electron chi connectivity index (χ3n) is 5.02. The summed E-state index contributed by atoms with van der Waals surface area (Å²) in [6.07, 6.45) is 2.54. The summed E-state index contributed by atoms with van der Waals surface area (Å²) >= 11 is 0. The summed E-state index contributed by atoms with van der Waals surface area (Å²) in [4.78, 5) is 9.13. The van der Waals surface area contributed by atoms with Gasteiger partial charge in [0.15, 0.2) is 17.5 Å². The van der Waals surface area contributed by atoms with Crippen LogP contribution in [0.1, 0.15) is 17.7 Å². The van der Waals surface area contributed by atoms with Crippen LogP contribution in [0, 0.1) is 0 Å². The Bertz CT molecular complexity index is 785. The number of guanidine groups is 1. The van der Waals surface area contributed by atoms with Crippen LogP contribution in [-0.4, -0.2) is 67.4 Å². The minimum atomic E-state index is 0.697.